The van der Waals surface area contributed by atoms with E-state index in [1.807, 2.05) is 11.6 Å². The molecule has 2 heterocycles. The fourth-order valence-corrected chi connectivity index (χ4v) is 2.84. The van der Waals surface area contributed by atoms with Gasteiger partial charge >= 0.3 is 0 Å². The first kappa shape index (κ1) is 15.1. The van der Waals surface area contributed by atoms with Gasteiger partial charge in [-0.2, -0.15) is 4.98 Å². The van der Waals surface area contributed by atoms with Gasteiger partial charge in [0.05, 0.1) is 13.4 Å². The van der Waals surface area contributed by atoms with Gasteiger partial charge in [0.25, 0.3) is 0 Å². The standard InChI is InChI=1S/C13H21N5OS/c1-5-18(6-2)7-8-20-13-15-11-10(12(16-13)19-4)17(3)9-14-11/h9H,5-8H2,1-4H3. The Bertz CT molecular complexity index is 567. The highest BCUT2D eigenvalue weighted by Gasteiger charge is 2.13. The number of hydrogen-bond donors (Lipinski definition) is 0. The predicted molar refractivity (Wildman–Crippen MR) is 81.4 cm³/mol. The molecule has 0 atom stereocenters. The molecule has 0 saturated carbocycles. The Hall–Kier alpha value is -1.34. The van der Waals surface area contributed by atoms with E-state index in [0.717, 1.165) is 36.1 Å². The first-order valence-corrected chi connectivity index (χ1v) is 7.76. The van der Waals surface area contributed by atoms with Gasteiger partial charge in [0, 0.05) is 19.3 Å². The van der Waals surface area contributed by atoms with E-state index >= 15 is 0 Å². The van der Waals surface area contributed by atoms with Crippen LogP contribution in [-0.4, -0.2) is 56.9 Å². The molecule has 0 spiro atoms. The van der Waals surface area contributed by atoms with Crippen LogP contribution in [0.25, 0.3) is 11.2 Å². The fraction of sp³-hybridized carbons (Fsp3) is 0.615. The summed E-state index contributed by atoms with van der Waals surface area (Å²) in [7, 11) is 3.54. The van der Waals surface area contributed by atoms with Gasteiger partial charge < -0.3 is 14.2 Å². The largest absolute Gasteiger partial charge is 0.479 e. The maximum absolute atomic E-state index is 5.34. The van der Waals surface area contributed by atoms with Gasteiger partial charge in [0.15, 0.2) is 16.3 Å². The summed E-state index contributed by atoms with van der Waals surface area (Å²) in [5, 5.41) is 0.722. The van der Waals surface area contributed by atoms with E-state index in [1.165, 1.54) is 0 Å². The van der Waals surface area contributed by atoms with Crippen LogP contribution in [0.2, 0.25) is 0 Å². The van der Waals surface area contributed by atoms with Crippen molar-refractivity contribution in [2.24, 2.45) is 7.05 Å². The first-order valence-electron chi connectivity index (χ1n) is 6.77. The average Bonchev–Trinajstić information content (AvgIpc) is 2.84. The van der Waals surface area contributed by atoms with Gasteiger partial charge in [-0.1, -0.05) is 25.6 Å². The lowest BCUT2D eigenvalue weighted by atomic mass is 10.5. The third-order valence-electron chi connectivity index (χ3n) is 3.25. The van der Waals surface area contributed by atoms with Crippen molar-refractivity contribution in [1.82, 2.24) is 24.4 Å². The Balaban J connectivity index is 2.11. The number of ether oxygens (including phenoxy) is 1. The zero-order valence-corrected chi connectivity index (χ0v) is 13.3. The molecule has 0 N–H and O–H groups in total. The summed E-state index contributed by atoms with van der Waals surface area (Å²) < 4.78 is 7.21. The number of nitrogens with zero attached hydrogens (tertiary/aromatic N) is 5. The van der Waals surface area contributed by atoms with E-state index in [4.69, 9.17) is 4.74 Å². The lowest BCUT2D eigenvalue weighted by Gasteiger charge is -2.16. The smallest absolute Gasteiger partial charge is 0.244 e. The minimum Gasteiger partial charge on any atom is -0.479 e. The number of imidazole rings is 1. The molecule has 110 valence electrons. The summed E-state index contributed by atoms with van der Waals surface area (Å²) in [4.78, 5) is 15.6. The van der Waals surface area contributed by atoms with E-state index in [-0.39, 0.29) is 0 Å². The molecule has 20 heavy (non-hydrogen) atoms. The van der Waals surface area contributed by atoms with Crippen LogP contribution in [0.1, 0.15) is 13.8 Å². The molecule has 0 saturated heterocycles. The molecule has 2 aromatic heterocycles. The van der Waals surface area contributed by atoms with Crippen molar-refractivity contribution in [2.45, 2.75) is 19.0 Å². The molecule has 0 fully saturated rings. The van der Waals surface area contributed by atoms with Crippen molar-refractivity contribution >= 4 is 22.9 Å². The second kappa shape index (κ2) is 6.90. The number of aryl methyl sites for hydroxylation is 1. The SMILES string of the molecule is CCN(CC)CCSc1nc(OC)c2c(ncn2C)n1. The minimum absolute atomic E-state index is 0.584. The Morgan fingerprint density at radius 3 is 2.70 bits per heavy atom. The van der Waals surface area contributed by atoms with Crippen LogP contribution in [0.5, 0.6) is 5.88 Å². The molecule has 0 aromatic carbocycles. The molecule has 0 amide bonds. The molecule has 2 rings (SSSR count). The molecule has 0 aliphatic carbocycles. The zero-order valence-electron chi connectivity index (χ0n) is 12.5. The number of methoxy groups -OCH3 is 1. The van der Waals surface area contributed by atoms with Crippen LogP contribution in [0.15, 0.2) is 11.5 Å². The van der Waals surface area contributed by atoms with Gasteiger partial charge in [-0.15, -0.1) is 0 Å². The number of fused-ring (bicyclic) bond motifs is 1. The highest BCUT2D eigenvalue weighted by Crippen LogP contribution is 2.24. The molecule has 0 aliphatic rings. The molecule has 7 heteroatoms. The van der Waals surface area contributed by atoms with Crippen LogP contribution in [0.4, 0.5) is 0 Å². The Morgan fingerprint density at radius 1 is 1.30 bits per heavy atom. The van der Waals surface area contributed by atoms with Crippen LogP contribution in [0, 0.1) is 0 Å². The lowest BCUT2D eigenvalue weighted by Crippen LogP contribution is -2.25. The fourth-order valence-electron chi connectivity index (χ4n) is 2.01. The number of thioether (sulfide) groups is 1. The quantitative estimate of drug-likeness (QED) is 0.573. The molecule has 0 bridgehead atoms. The van der Waals surface area contributed by atoms with Gasteiger partial charge in [-0.05, 0) is 13.1 Å². The highest BCUT2D eigenvalue weighted by molar-refractivity contribution is 7.99. The first-order chi connectivity index (χ1) is 9.69. The van der Waals surface area contributed by atoms with Crippen LogP contribution in [-0.2, 0) is 7.05 Å². The van der Waals surface area contributed by atoms with E-state index in [1.54, 1.807) is 25.2 Å². The van der Waals surface area contributed by atoms with E-state index in [9.17, 15) is 0 Å². The third-order valence-corrected chi connectivity index (χ3v) is 4.07. The van der Waals surface area contributed by atoms with E-state index < -0.39 is 0 Å². The van der Waals surface area contributed by atoms with Gasteiger partial charge in [0.1, 0.15) is 0 Å². The van der Waals surface area contributed by atoms with E-state index in [2.05, 4.69) is 33.7 Å². The number of hydrogen-bond acceptors (Lipinski definition) is 6. The second-order valence-electron chi connectivity index (χ2n) is 4.42. The van der Waals surface area contributed by atoms with Crippen molar-refractivity contribution in [1.29, 1.82) is 0 Å². The van der Waals surface area contributed by atoms with Crippen molar-refractivity contribution in [3.8, 4) is 5.88 Å². The van der Waals surface area contributed by atoms with Gasteiger partial charge in [-0.3, -0.25) is 0 Å². The third kappa shape index (κ3) is 3.21. The Labute approximate surface area is 123 Å². The number of rotatable bonds is 7. The molecular formula is C13H21N5OS. The topological polar surface area (TPSA) is 56.1 Å². The maximum Gasteiger partial charge on any atom is 0.244 e. The van der Waals surface area contributed by atoms with Crippen LogP contribution >= 0.6 is 11.8 Å². The summed E-state index contributed by atoms with van der Waals surface area (Å²) in [6.07, 6.45) is 1.73. The predicted octanol–water partition coefficient (Wildman–Crippen LogP) is 1.81. The minimum atomic E-state index is 0.584. The molecule has 0 aliphatic heterocycles. The van der Waals surface area contributed by atoms with Crippen LogP contribution in [0.3, 0.4) is 0 Å². The summed E-state index contributed by atoms with van der Waals surface area (Å²) in [5.41, 5.74) is 1.52. The van der Waals surface area contributed by atoms with Crippen molar-refractivity contribution in [3.63, 3.8) is 0 Å². The Kier molecular flexibility index (Phi) is 5.19. The van der Waals surface area contributed by atoms with Crippen molar-refractivity contribution in [2.75, 3.05) is 32.5 Å². The maximum atomic E-state index is 5.34. The van der Waals surface area contributed by atoms with Crippen molar-refractivity contribution in [3.05, 3.63) is 6.33 Å². The van der Waals surface area contributed by atoms with Crippen molar-refractivity contribution < 1.29 is 4.74 Å². The normalized spacial score (nSPS) is 11.4. The second-order valence-corrected chi connectivity index (χ2v) is 5.48. The molecule has 2 aromatic rings. The van der Waals surface area contributed by atoms with E-state index in [0.29, 0.717) is 11.5 Å². The summed E-state index contributed by atoms with van der Waals surface area (Å²) in [6, 6.07) is 0. The molecule has 0 unspecified atom stereocenters. The molecular weight excluding hydrogens is 274 g/mol. The van der Waals surface area contributed by atoms with Crippen LogP contribution < -0.4 is 4.74 Å². The number of aromatic nitrogens is 4. The summed E-state index contributed by atoms with van der Waals surface area (Å²) in [6.45, 7) is 7.52. The molecule has 6 nitrogen and oxygen atoms in total. The molecule has 0 radical (unpaired) electrons. The Morgan fingerprint density at radius 2 is 2.05 bits per heavy atom. The monoisotopic (exact) mass is 295 g/mol. The van der Waals surface area contributed by atoms with Gasteiger partial charge in [0.2, 0.25) is 5.88 Å². The summed E-state index contributed by atoms with van der Waals surface area (Å²) in [5.74, 6) is 1.55. The average molecular weight is 295 g/mol. The highest BCUT2D eigenvalue weighted by atomic mass is 32.2. The zero-order chi connectivity index (χ0) is 14.5. The van der Waals surface area contributed by atoms with Gasteiger partial charge in [-0.25, -0.2) is 9.97 Å². The summed E-state index contributed by atoms with van der Waals surface area (Å²) >= 11 is 1.64. The lowest BCUT2D eigenvalue weighted by molar-refractivity contribution is 0.324.